The molecule has 0 bridgehead atoms. The summed E-state index contributed by atoms with van der Waals surface area (Å²) in [6.07, 6.45) is 0. The van der Waals surface area contributed by atoms with Crippen LogP contribution in [0.15, 0.2) is 152 Å². The van der Waals surface area contributed by atoms with Gasteiger partial charge in [-0.25, -0.2) is 4.79 Å². The molecule has 4 nitrogen and oxygen atoms in total. The van der Waals surface area contributed by atoms with Crippen LogP contribution in [0.4, 0.5) is 17.1 Å². The highest BCUT2D eigenvalue weighted by Crippen LogP contribution is 2.57. The molecular weight excluding hydrogens is 542 g/mol. The third-order valence-corrected chi connectivity index (χ3v) is 8.88. The van der Waals surface area contributed by atoms with Gasteiger partial charge in [-0.05, 0) is 47.2 Å². The van der Waals surface area contributed by atoms with Crippen LogP contribution >= 0.6 is 0 Å². The van der Waals surface area contributed by atoms with Crippen molar-refractivity contribution in [3.8, 4) is 11.5 Å². The van der Waals surface area contributed by atoms with Gasteiger partial charge in [-0.1, -0.05) is 109 Å². The number of esters is 1. The number of fused-ring (bicyclic) bond motifs is 8. The molecule has 7 aromatic rings. The number of anilines is 3. The standard InChI is InChI=1S/C40H25NO3/c42-39-31-17-5-6-18-32(31)40(44-39)33-19-7-8-22-37(33)43-38-25-28(23-24-34(38)40)41(35-20-9-13-26-11-1-3-15-29(26)35)36-21-10-14-27-12-2-4-16-30(27)36/h1-25H. The molecule has 0 aromatic heterocycles. The van der Waals surface area contributed by atoms with E-state index in [0.29, 0.717) is 17.1 Å². The second-order valence-corrected chi connectivity index (χ2v) is 11.2. The predicted molar refractivity (Wildman–Crippen MR) is 174 cm³/mol. The minimum absolute atomic E-state index is 0.333. The van der Waals surface area contributed by atoms with Crippen LogP contribution in [0.2, 0.25) is 0 Å². The van der Waals surface area contributed by atoms with Gasteiger partial charge in [0.25, 0.3) is 0 Å². The molecule has 0 aliphatic carbocycles. The number of hydrogen-bond donors (Lipinski definition) is 0. The first-order chi connectivity index (χ1) is 21.7. The van der Waals surface area contributed by atoms with Crippen LogP contribution in [0.5, 0.6) is 11.5 Å². The van der Waals surface area contributed by atoms with E-state index in [1.165, 1.54) is 0 Å². The Morgan fingerprint density at radius 2 is 1.07 bits per heavy atom. The quantitative estimate of drug-likeness (QED) is 0.199. The molecule has 44 heavy (non-hydrogen) atoms. The Labute approximate surface area is 254 Å². The zero-order valence-corrected chi connectivity index (χ0v) is 23.6. The van der Waals surface area contributed by atoms with Crippen LogP contribution in [-0.4, -0.2) is 5.97 Å². The fraction of sp³-hybridized carbons (Fsp3) is 0.0250. The van der Waals surface area contributed by atoms with Crippen LogP contribution in [0.1, 0.15) is 27.0 Å². The van der Waals surface area contributed by atoms with Gasteiger partial charge >= 0.3 is 5.97 Å². The molecule has 2 aliphatic rings. The highest BCUT2D eigenvalue weighted by molar-refractivity contribution is 6.05. The average Bonchev–Trinajstić information content (AvgIpc) is 3.37. The summed E-state index contributed by atoms with van der Waals surface area (Å²) in [5.41, 5.74) is 4.98. The zero-order valence-electron chi connectivity index (χ0n) is 23.6. The van der Waals surface area contributed by atoms with E-state index in [1.807, 2.05) is 48.5 Å². The van der Waals surface area contributed by atoms with Crippen LogP contribution in [-0.2, 0) is 10.3 Å². The second kappa shape index (κ2) is 9.32. The molecule has 0 amide bonds. The number of benzene rings is 7. The number of rotatable bonds is 3. The molecule has 2 heterocycles. The normalized spacial score (nSPS) is 16.2. The summed E-state index contributed by atoms with van der Waals surface area (Å²) in [7, 11) is 0. The van der Waals surface area contributed by atoms with Crippen LogP contribution in [0, 0.1) is 0 Å². The molecule has 0 saturated carbocycles. The van der Waals surface area contributed by atoms with E-state index in [-0.39, 0.29) is 5.97 Å². The SMILES string of the molecule is O=C1OC2(c3ccccc3Oc3cc(N(c4cccc5ccccc45)c4cccc5ccccc45)ccc32)c2ccccc21. The number of nitrogens with zero attached hydrogens (tertiary/aromatic N) is 1. The van der Waals surface area contributed by atoms with E-state index in [0.717, 1.165) is 55.3 Å². The van der Waals surface area contributed by atoms with E-state index in [1.54, 1.807) is 0 Å². The summed E-state index contributed by atoms with van der Waals surface area (Å²) in [6, 6.07) is 51.4. The molecule has 1 spiro atoms. The van der Waals surface area contributed by atoms with Crippen LogP contribution < -0.4 is 9.64 Å². The molecular formula is C40H25NO3. The highest BCUT2D eigenvalue weighted by atomic mass is 16.6. The van der Waals surface area contributed by atoms with Gasteiger partial charge < -0.3 is 14.4 Å². The molecule has 7 aromatic carbocycles. The van der Waals surface area contributed by atoms with Crippen molar-refractivity contribution in [3.63, 3.8) is 0 Å². The monoisotopic (exact) mass is 567 g/mol. The van der Waals surface area contributed by atoms with Gasteiger partial charge in [0.1, 0.15) is 11.5 Å². The smallest absolute Gasteiger partial charge is 0.340 e. The van der Waals surface area contributed by atoms with Crippen molar-refractivity contribution in [2.45, 2.75) is 5.60 Å². The van der Waals surface area contributed by atoms with Crippen molar-refractivity contribution >= 4 is 44.6 Å². The van der Waals surface area contributed by atoms with Crippen molar-refractivity contribution in [2.75, 3.05) is 4.90 Å². The van der Waals surface area contributed by atoms with Crippen LogP contribution in [0.25, 0.3) is 21.5 Å². The predicted octanol–water partition coefficient (Wildman–Crippen LogP) is 10.0. The molecule has 0 N–H and O–H groups in total. The highest BCUT2D eigenvalue weighted by Gasteiger charge is 2.53. The molecule has 208 valence electrons. The Morgan fingerprint density at radius 1 is 0.500 bits per heavy atom. The van der Waals surface area contributed by atoms with Gasteiger partial charge in [-0.2, -0.15) is 0 Å². The lowest BCUT2D eigenvalue weighted by Crippen LogP contribution is -2.33. The number of carbonyl (C=O) groups excluding carboxylic acids is 1. The third kappa shape index (κ3) is 3.42. The number of hydrogen-bond acceptors (Lipinski definition) is 4. The van der Waals surface area contributed by atoms with E-state index >= 15 is 0 Å². The first-order valence-corrected chi connectivity index (χ1v) is 14.7. The second-order valence-electron chi connectivity index (χ2n) is 11.2. The summed E-state index contributed by atoms with van der Waals surface area (Å²) < 4.78 is 13.0. The number of para-hydroxylation sites is 1. The first kappa shape index (κ1) is 24.7. The van der Waals surface area contributed by atoms with Crippen molar-refractivity contribution in [2.24, 2.45) is 0 Å². The fourth-order valence-electron chi connectivity index (χ4n) is 6.97. The van der Waals surface area contributed by atoms with Gasteiger partial charge in [0.2, 0.25) is 0 Å². The molecule has 9 rings (SSSR count). The molecule has 0 radical (unpaired) electrons. The maximum absolute atomic E-state index is 13.3. The lowest BCUT2D eigenvalue weighted by molar-refractivity contribution is 0.0224. The fourth-order valence-corrected chi connectivity index (χ4v) is 6.97. The lowest BCUT2D eigenvalue weighted by atomic mass is 9.77. The maximum atomic E-state index is 13.3. The largest absolute Gasteiger partial charge is 0.456 e. The minimum Gasteiger partial charge on any atom is -0.456 e. The van der Waals surface area contributed by atoms with Crippen molar-refractivity contribution in [3.05, 3.63) is 174 Å². The zero-order chi connectivity index (χ0) is 29.3. The molecule has 1 atom stereocenters. The van der Waals surface area contributed by atoms with E-state index < -0.39 is 5.60 Å². The molecule has 0 fully saturated rings. The molecule has 0 saturated heterocycles. The van der Waals surface area contributed by atoms with Gasteiger partial charge in [0, 0.05) is 39.2 Å². The molecule has 1 unspecified atom stereocenters. The van der Waals surface area contributed by atoms with Gasteiger partial charge in [-0.15, -0.1) is 0 Å². The lowest BCUT2D eigenvalue weighted by Gasteiger charge is -2.37. The van der Waals surface area contributed by atoms with E-state index in [4.69, 9.17) is 9.47 Å². The van der Waals surface area contributed by atoms with Gasteiger partial charge in [0.05, 0.1) is 16.9 Å². The summed E-state index contributed by atoms with van der Waals surface area (Å²) in [6.45, 7) is 0. The Kier molecular flexibility index (Phi) is 5.23. The van der Waals surface area contributed by atoms with E-state index in [2.05, 4.69) is 108 Å². The Balaban J connectivity index is 1.32. The topological polar surface area (TPSA) is 38.8 Å². The maximum Gasteiger partial charge on any atom is 0.340 e. The molecule has 2 aliphatic heterocycles. The van der Waals surface area contributed by atoms with Gasteiger partial charge in [0.15, 0.2) is 5.60 Å². The van der Waals surface area contributed by atoms with Crippen molar-refractivity contribution < 1.29 is 14.3 Å². The Bertz CT molecular complexity index is 2200. The Morgan fingerprint density at radius 3 is 1.80 bits per heavy atom. The third-order valence-electron chi connectivity index (χ3n) is 8.88. The van der Waals surface area contributed by atoms with Crippen molar-refractivity contribution in [1.82, 2.24) is 0 Å². The van der Waals surface area contributed by atoms with E-state index in [9.17, 15) is 4.79 Å². The number of carbonyl (C=O) groups is 1. The summed E-state index contributed by atoms with van der Waals surface area (Å²) in [5.74, 6) is 0.986. The first-order valence-electron chi connectivity index (χ1n) is 14.7. The Hall–Kier alpha value is -5.87. The van der Waals surface area contributed by atoms with Gasteiger partial charge in [-0.3, -0.25) is 0 Å². The summed E-state index contributed by atoms with van der Waals surface area (Å²) >= 11 is 0. The number of ether oxygens (including phenoxy) is 2. The minimum atomic E-state index is -1.10. The summed E-state index contributed by atoms with van der Waals surface area (Å²) in [4.78, 5) is 15.6. The summed E-state index contributed by atoms with van der Waals surface area (Å²) in [5, 5.41) is 4.60. The molecule has 4 heteroatoms. The van der Waals surface area contributed by atoms with Crippen molar-refractivity contribution in [1.29, 1.82) is 0 Å². The van der Waals surface area contributed by atoms with Crippen LogP contribution in [0.3, 0.4) is 0 Å². The average molecular weight is 568 g/mol.